The molecule has 2 aromatic rings. The van der Waals surface area contributed by atoms with Crippen LogP contribution >= 0.6 is 15.9 Å². The number of benzene rings is 1. The lowest BCUT2D eigenvalue weighted by atomic mass is 10.2. The molecule has 1 saturated carbocycles. The first-order valence-electron chi connectivity index (χ1n) is 5.23. The van der Waals surface area contributed by atoms with Crippen LogP contribution in [0.4, 0.5) is 5.82 Å². The van der Waals surface area contributed by atoms with Gasteiger partial charge in [-0.2, -0.15) is 0 Å². The van der Waals surface area contributed by atoms with Gasteiger partial charge in [0.25, 0.3) is 0 Å². The summed E-state index contributed by atoms with van der Waals surface area (Å²) in [5.41, 5.74) is 7.91. The molecule has 1 aromatic heterocycles. The molecular weight excluding hydrogens is 268 g/mol. The first kappa shape index (κ1) is 9.84. The number of rotatable bonds is 2. The Morgan fingerprint density at radius 2 is 2.19 bits per heavy atom. The molecule has 1 aromatic carbocycles. The molecule has 0 amide bonds. The minimum absolute atomic E-state index is 0.536. The predicted octanol–water partition coefficient (Wildman–Crippen LogP) is 2.49. The summed E-state index contributed by atoms with van der Waals surface area (Å²) >= 11 is 3.45. The Hall–Kier alpha value is -1.36. The number of halogens is 1. The van der Waals surface area contributed by atoms with Crippen molar-refractivity contribution in [2.75, 3.05) is 5.73 Å². The first-order chi connectivity index (χ1) is 7.75. The first-order valence-corrected chi connectivity index (χ1v) is 6.02. The molecule has 1 aliphatic carbocycles. The summed E-state index contributed by atoms with van der Waals surface area (Å²) in [6, 6.07) is 7.99. The molecule has 0 bridgehead atoms. The average Bonchev–Trinajstić information content (AvgIpc) is 3.02. The molecule has 0 atom stereocenters. The van der Waals surface area contributed by atoms with Crippen molar-refractivity contribution in [3.63, 3.8) is 0 Å². The zero-order chi connectivity index (χ0) is 11.1. The number of nitrogen functional groups attached to an aromatic ring is 1. The van der Waals surface area contributed by atoms with Crippen LogP contribution in [0, 0.1) is 0 Å². The molecule has 0 spiro atoms. The fourth-order valence-electron chi connectivity index (χ4n) is 1.84. The van der Waals surface area contributed by atoms with Gasteiger partial charge in [0.15, 0.2) is 5.82 Å². The van der Waals surface area contributed by atoms with Gasteiger partial charge in [-0.1, -0.05) is 27.2 Å². The number of nitrogens with zero attached hydrogens (tertiary/aromatic N) is 3. The molecule has 5 heteroatoms. The van der Waals surface area contributed by atoms with Gasteiger partial charge >= 0.3 is 0 Å². The van der Waals surface area contributed by atoms with E-state index in [-0.39, 0.29) is 0 Å². The summed E-state index contributed by atoms with van der Waals surface area (Å²) in [4.78, 5) is 0. The van der Waals surface area contributed by atoms with E-state index >= 15 is 0 Å². The van der Waals surface area contributed by atoms with Gasteiger partial charge in [-0.3, -0.25) is 0 Å². The van der Waals surface area contributed by atoms with Gasteiger partial charge in [0.2, 0.25) is 0 Å². The summed E-state index contributed by atoms with van der Waals surface area (Å²) in [7, 11) is 0. The zero-order valence-electron chi connectivity index (χ0n) is 8.60. The minimum Gasteiger partial charge on any atom is -0.381 e. The highest BCUT2D eigenvalue weighted by molar-refractivity contribution is 9.10. The second-order valence-electron chi connectivity index (χ2n) is 4.03. The summed E-state index contributed by atoms with van der Waals surface area (Å²) < 4.78 is 2.87. The molecule has 82 valence electrons. The van der Waals surface area contributed by atoms with Gasteiger partial charge in [0.1, 0.15) is 0 Å². The molecular formula is C11H11BrN4. The Kier molecular flexibility index (Phi) is 2.21. The minimum atomic E-state index is 0.536. The molecule has 1 fully saturated rings. The number of hydrogen-bond donors (Lipinski definition) is 1. The van der Waals surface area contributed by atoms with Crippen molar-refractivity contribution in [1.82, 2.24) is 15.0 Å². The molecule has 0 unspecified atom stereocenters. The van der Waals surface area contributed by atoms with Crippen molar-refractivity contribution in [2.45, 2.75) is 18.8 Å². The summed E-state index contributed by atoms with van der Waals surface area (Å²) in [6.07, 6.45) is 2.37. The second kappa shape index (κ2) is 3.59. The zero-order valence-corrected chi connectivity index (χ0v) is 10.2. The Morgan fingerprint density at radius 3 is 2.88 bits per heavy atom. The third-order valence-corrected chi connectivity index (χ3v) is 3.24. The third kappa shape index (κ3) is 1.61. The van der Waals surface area contributed by atoms with Crippen molar-refractivity contribution in [3.8, 4) is 5.69 Å². The molecule has 2 N–H and O–H groups in total. The lowest BCUT2D eigenvalue weighted by molar-refractivity contribution is 0.763. The van der Waals surface area contributed by atoms with E-state index in [4.69, 9.17) is 5.73 Å². The van der Waals surface area contributed by atoms with Gasteiger partial charge in [0, 0.05) is 10.4 Å². The SMILES string of the molecule is Nc1nnn(-c2cccc(Br)c2)c1C1CC1. The van der Waals surface area contributed by atoms with E-state index in [2.05, 4.69) is 26.2 Å². The molecule has 4 nitrogen and oxygen atoms in total. The topological polar surface area (TPSA) is 56.7 Å². The van der Waals surface area contributed by atoms with Crippen molar-refractivity contribution in [3.05, 3.63) is 34.4 Å². The van der Waals surface area contributed by atoms with E-state index in [0.29, 0.717) is 11.7 Å². The largest absolute Gasteiger partial charge is 0.381 e. The van der Waals surface area contributed by atoms with Crippen LogP contribution in [0.3, 0.4) is 0 Å². The average molecular weight is 279 g/mol. The van der Waals surface area contributed by atoms with E-state index in [1.54, 1.807) is 0 Å². The Balaban J connectivity index is 2.12. The van der Waals surface area contributed by atoms with Crippen molar-refractivity contribution in [1.29, 1.82) is 0 Å². The van der Waals surface area contributed by atoms with Crippen LogP contribution in [-0.2, 0) is 0 Å². The van der Waals surface area contributed by atoms with Crippen LogP contribution in [0.2, 0.25) is 0 Å². The lowest BCUT2D eigenvalue weighted by Crippen LogP contribution is -2.02. The summed E-state index contributed by atoms with van der Waals surface area (Å²) in [5, 5.41) is 8.07. The Bertz CT molecular complexity index is 531. The van der Waals surface area contributed by atoms with Crippen LogP contribution in [0.5, 0.6) is 0 Å². The van der Waals surface area contributed by atoms with E-state index in [0.717, 1.165) is 15.9 Å². The van der Waals surface area contributed by atoms with Crippen molar-refractivity contribution >= 4 is 21.7 Å². The standard InChI is InChI=1S/C11H11BrN4/c12-8-2-1-3-9(6-8)16-10(7-4-5-7)11(13)14-15-16/h1-3,6-7H,4-5,13H2. The van der Waals surface area contributed by atoms with Gasteiger partial charge in [-0.25, -0.2) is 4.68 Å². The van der Waals surface area contributed by atoms with Crippen LogP contribution in [0.25, 0.3) is 5.69 Å². The van der Waals surface area contributed by atoms with Crippen LogP contribution in [-0.4, -0.2) is 15.0 Å². The third-order valence-electron chi connectivity index (χ3n) is 2.75. The van der Waals surface area contributed by atoms with Crippen LogP contribution in [0.1, 0.15) is 24.5 Å². The van der Waals surface area contributed by atoms with Gasteiger partial charge in [0.05, 0.1) is 11.4 Å². The van der Waals surface area contributed by atoms with Gasteiger partial charge < -0.3 is 5.73 Å². The number of hydrogen-bond acceptors (Lipinski definition) is 3. The Labute approximate surface area is 102 Å². The number of anilines is 1. The maximum Gasteiger partial charge on any atom is 0.169 e. The van der Waals surface area contributed by atoms with E-state index < -0.39 is 0 Å². The molecule has 1 heterocycles. The molecule has 0 radical (unpaired) electrons. The van der Waals surface area contributed by atoms with Crippen molar-refractivity contribution < 1.29 is 0 Å². The number of nitrogens with two attached hydrogens (primary N) is 1. The molecule has 3 rings (SSSR count). The van der Waals surface area contributed by atoms with Gasteiger partial charge in [-0.05, 0) is 31.0 Å². The molecule has 16 heavy (non-hydrogen) atoms. The fourth-order valence-corrected chi connectivity index (χ4v) is 2.23. The second-order valence-corrected chi connectivity index (χ2v) is 4.94. The smallest absolute Gasteiger partial charge is 0.169 e. The predicted molar refractivity (Wildman–Crippen MR) is 65.4 cm³/mol. The molecule has 1 aliphatic rings. The highest BCUT2D eigenvalue weighted by Gasteiger charge is 2.31. The summed E-state index contributed by atoms with van der Waals surface area (Å²) in [6.45, 7) is 0. The van der Waals surface area contributed by atoms with Gasteiger partial charge in [-0.15, -0.1) is 5.10 Å². The summed E-state index contributed by atoms with van der Waals surface area (Å²) in [5.74, 6) is 1.09. The van der Waals surface area contributed by atoms with E-state index in [1.165, 1.54) is 12.8 Å². The van der Waals surface area contributed by atoms with Crippen LogP contribution in [0.15, 0.2) is 28.7 Å². The van der Waals surface area contributed by atoms with E-state index in [9.17, 15) is 0 Å². The maximum atomic E-state index is 5.85. The quantitative estimate of drug-likeness (QED) is 0.918. The highest BCUT2D eigenvalue weighted by Crippen LogP contribution is 2.42. The van der Waals surface area contributed by atoms with Crippen LogP contribution < -0.4 is 5.73 Å². The maximum absolute atomic E-state index is 5.85. The highest BCUT2D eigenvalue weighted by atomic mass is 79.9. The normalized spacial score (nSPS) is 15.3. The number of aromatic nitrogens is 3. The Morgan fingerprint density at radius 1 is 1.38 bits per heavy atom. The van der Waals surface area contributed by atoms with E-state index in [1.807, 2.05) is 28.9 Å². The monoisotopic (exact) mass is 278 g/mol. The lowest BCUT2D eigenvalue weighted by Gasteiger charge is -2.05. The molecule has 0 aliphatic heterocycles. The molecule has 0 saturated heterocycles. The van der Waals surface area contributed by atoms with Crippen molar-refractivity contribution in [2.24, 2.45) is 0 Å². The fraction of sp³-hybridized carbons (Fsp3) is 0.273.